The Balaban J connectivity index is 1.76. The van der Waals surface area contributed by atoms with Crippen LogP contribution >= 0.6 is 11.3 Å². The second-order valence-electron chi connectivity index (χ2n) is 6.27. The zero-order valence-electron chi connectivity index (χ0n) is 15.3. The summed E-state index contributed by atoms with van der Waals surface area (Å²) in [7, 11) is -2.40. The predicted molar refractivity (Wildman–Crippen MR) is 107 cm³/mol. The number of carbonyl (C=O) groups is 1. The molecule has 10 heteroatoms. The van der Waals surface area contributed by atoms with E-state index in [1.165, 1.54) is 19.2 Å². The van der Waals surface area contributed by atoms with Gasteiger partial charge in [0, 0.05) is 5.22 Å². The van der Waals surface area contributed by atoms with Crippen LogP contribution in [0.4, 0.5) is 5.13 Å². The smallest absolute Gasteiger partial charge is 0.279 e. The molecule has 1 amide bonds. The second-order valence-corrected chi connectivity index (χ2v) is 8.95. The van der Waals surface area contributed by atoms with Crippen molar-refractivity contribution in [1.82, 2.24) is 4.98 Å². The van der Waals surface area contributed by atoms with Gasteiger partial charge >= 0.3 is 0 Å². The molecule has 3 aromatic rings. The van der Waals surface area contributed by atoms with E-state index in [1.807, 2.05) is 6.92 Å². The molecule has 1 aromatic heterocycles. The number of aromatic hydroxyl groups is 1. The molecular weight excluding hydrogens is 414 g/mol. The number of hydrogen-bond donors (Lipinski definition) is 2. The molecule has 0 saturated heterocycles. The summed E-state index contributed by atoms with van der Waals surface area (Å²) in [5.41, 5.74) is 1.07. The maximum Gasteiger partial charge on any atom is 0.279 e. The fraction of sp³-hybridized carbons (Fsp3) is 0.105. The number of benzene rings is 2. The molecule has 0 spiro atoms. The molecule has 8 nitrogen and oxygen atoms in total. The molecule has 29 heavy (non-hydrogen) atoms. The molecule has 0 fully saturated rings. The molecule has 0 saturated carbocycles. The van der Waals surface area contributed by atoms with Crippen molar-refractivity contribution in [3.8, 4) is 11.6 Å². The highest BCUT2D eigenvalue weighted by Crippen LogP contribution is 2.35. The summed E-state index contributed by atoms with van der Waals surface area (Å²) < 4.78 is 32.7. The van der Waals surface area contributed by atoms with E-state index >= 15 is 0 Å². The molecule has 2 heterocycles. The van der Waals surface area contributed by atoms with Crippen molar-refractivity contribution in [3.05, 3.63) is 63.5 Å². The van der Waals surface area contributed by atoms with Crippen LogP contribution in [0.2, 0.25) is 0 Å². The Morgan fingerprint density at radius 2 is 1.86 bits per heavy atom. The predicted octanol–water partition coefficient (Wildman–Crippen LogP) is 1.33. The lowest BCUT2D eigenvalue weighted by Crippen LogP contribution is -2.23. The van der Waals surface area contributed by atoms with E-state index in [-0.39, 0.29) is 20.5 Å². The van der Waals surface area contributed by atoms with Crippen LogP contribution in [0.5, 0.6) is 11.6 Å². The summed E-state index contributed by atoms with van der Waals surface area (Å²) >= 11 is 0.852. The Kier molecular flexibility index (Phi) is 4.59. The maximum absolute atomic E-state index is 12.6. The Labute approximate surface area is 169 Å². The number of methoxy groups -OCH3 is 1. The summed E-state index contributed by atoms with van der Waals surface area (Å²) in [6, 6.07) is 11.3. The molecule has 0 aliphatic carbocycles. The van der Waals surface area contributed by atoms with Crippen LogP contribution in [-0.2, 0) is 14.8 Å². The largest absolute Gasteiger partial charge is 0.497 e. The highest BCUT2D eigenvalue weighted by Gasteiger charge is 2.26. The lowest BCUT2D eigenvalue weighted by Gasteiger charge is -2.05. The molecule has 148 valence electrons. The molecular formula is C19H15N3O5S2. The van der Waals surface area contributed by atoms with Gasteiger partial charge in [0.25, 0.3) is 15.9 Å². The lowest BCUT2D eigenvalue weighted by atomic mass is 10.1. The summed E-state index contributed by atoms with van der Waals surface area (Å²) in [6.45, 7) is 1.85. The van der Waals surface area contributed by atoms with Crippen LogP contribution in [0.25, 0.3) is 5.57 Å². The normalized spacial score (nSPS) is 13.2. The molecule has 2 aromatic carbocycles. The number of nitrogens with zero attached hydrogens (tertiary/aromatic N) is 2. The van der Waals surface area contributed by atoms with Crippen LogP contribution in [0.1, 0.15) is 10.4 Å². The minimum Gasteiger partial charge on any atom is -0.497 e. The first-order valence-corrected chi connectivity index (χ1v) is 10.7. The van der Waals surface area contributed by atoms with Gasteiger partial charge in [-0.05, 0) is 37.3 Å². The van der Waals surface area contributed by atoms with E-state index in [2.05, 4.69) is 14.7 Å². The summed E-state index contributed by atoms with van der Waals surface area (Å²) in [5.74, 6) is -0.471. The van der Waals surface area contributed by atoms with Crippen LogP contribution in [0, 0.1) is 6.92 Å². The number of aromatic nitrogens is 1. The van der Waals surface area contributed by atoms with Gasteiger partial charge in [-0.25, -0.2) is 13.4 Å². The quantitative estimate of drug-likeness (QED) is 0.632. The minimum absolute atomic E-state index is 0.0604. The summed E-state index contributed by atoms with van der Waals surface area (Å²) in [6.07, 6.45) is 0. The van der Waals surface area contributed by atoms with Gasteiger partial charge in [-0.3, -0.25) is 9.52 Å². The number of thiazole rings is 1. The van der Waals surface area contributed by atoms with Gasteiger partial charge in [0.15, 0.2) is 0 Å². The maximum atomic E-state index is 12.6. The van der Waals surface area contributed by atoms with Crippen molar-refractivity contribution < 1.29 is 23.1 Å². The molecule has 0 unspecified atom stereocenters. The number of fused-ring (bicyclic) bond motifs is 1. The Bertz CT molecular complexity index is 1360. The fourth-order valence-corrected chi connectivity index (χ4v) is 4.99. The van der Waals surface area contributed by atoms with E-state index < -0.39 is 21.8 Å². The minimum atomic E-state index is -3.89. The molecule has 0 radical (unpaired) electrons. The summed E-state index contributed by atoms with van der Waals surface area (Å²) in [5, 5.41) is 11.2. The monoisotopic (exact) mass is 429 g/mol. The number of nitrogens with one attached hydrogen (secondary N) is 1. The van der Waals surface area contributed by atoms with Crippen LogP contribution in [0.3, 0.4) is 0 Å². The molecule has 2 N–H and O–H groups in total. The van der Waals surface area contributed by atoms with Crippen molar-refractivity contribution in [3.63, 3.8) is 0 Å². The average Bonchev–Trinajstić information content (AvgIpc) is 3.18. The standard InChI is InChI=1S/C19H15N3O5S2/c1-10-3-6-12(7-4-10)29(25,26)22-19-21-18(24)16(28-19)15-13-9-11(27-2)5-8-14(13)20-17(15)23/h3-9,24H,1-2H3,(H,21,22). The Morgan fingerprint density at radius 3 is 2.55 bits per heavy atom. The van der Waals surface area contributed by atoms with Crippen molar-refractivity contribution in [2.75, 3.05) is 11.8 Å². The number of ether oxygens (including phenoxy) is 1. The molecule has 1 aliphatic heterocycles. The van der Waals surface area contributed by atoms with Gasteiger partial charge < -0.3 is 9.84 Å². The van der Waals surface area contributed by atoms with Gasteiger partial charge in [-0.15, -0.1) is 0 Å². The first-order valence-electron chi connectivity index (χ1n) is 8.39. The van der Waals surface area contributed by atoms with E-state index in [9.17, 15) is 18.3 Å². The first kappa shape index (κ1) is 19.1. The number of sulfonamides is 1. The SMILES string of the molecule is COc1ccc2c(c1)=C(c1sc(NS(=O)(=O)c3ccc(C)cc3)nc1O)C(=O)N=2. The molecule has 1 aliphatic rings. The number of anilines is 1. The van der Waals surface area contributed by atoms with Crippen molar-refractivity contribution in [2.24, 2.45) is 4.99 Å². The van der Waals surface area contributed by atoms with Gasteiger partial charge in [0.2, 0.25) is 11.0 Å². The highest BCUT2D eigenvalue weighted by molar-refractivity contribution is 7.93. The molecule has 0 bridgehead atoms. The van der Waals surface area contributed by atoms with Gasteiger partial charge in [0.05, 0.1) is 22.9 Å². The average molecular weight is 429 g/mol. The zero-order chi connectivity index (χ0) is 20.8. The van der Waals surface area contributed by atoms with E-state index in [1.54, 1.807) is 30.3 Å². The zero-order valence-corrected chi connectivity index (χ0v) is 17.0. The third kappa shape index (κ3) is 3.47. The second kappa shape index (κ2) is 6.98. The number of hydrogen-bond acceptors (Lipinski definition) is 7. The van der Waals surface area contributed by atoms with Crippen molar-refractivity contribution >= 4 is 38.0 Å². The fourth-order valence-electron chi connectivity index (χ4n) is 2.85. The molecule has 0 atom stereocenters. The van der Waals surface area contributed by atoms with Crippen molar-refractivity contribution in [1.29, 1.82) is 0 Å². The Morgan fingerprint density at radius 1 is 1.14 bits per heavy atom. The summed E-state index contributed by atoms with van der Waals surface area (Å²) in [4.78, 5) is 20.4. The third-order valence-corrected chi connectivity index (χ3v) is 6.76. The Hall–Kier alpha value is -3.24. The molecule has 4 rings (SSSR count). The number of rotatable bonds is 5. The van der Waals surface area contributed by atoms with E-state index in [0.717, 1.165) is 16.9 Å². The lowest BCUT2D eigenvalue weighted by molar-refractivity contribution is -0.112. The van der Waals surface area contributed by atoms with E-state index in [4.69, 9.17) is 4.74 Å². The van der Waals surface area contributed by atoms with E-state index in [0.29, 0.717) is 16.3 Å². The topological polar surface area (TPSA) is 118 Å². The van der Waals surface area contributed by atoms with Crippen LogP contribution in [0.15, 0.2) is 52.4 Å². The van der Waals surface area contributed by atoms with Crippen molar-refractivity contribution in [2.45, 2.75) is 11.8 Å². The third-order valence-electron chi connectivity index (χ3n) is 4.30. The first-order chi connectivity index (χ1) is 13.8. The van der Waals surface area contributed by atoms with Gasteiger partial charge in [-0.1, -0.05) is 29.0 Å². The van der Waals surface area contributed by atoms with Gasteiger partial charge in [0.1, 0.15) is 10.6 Å². The number of aryl methyl sites for hydroxylation is 1. The van der Waals surface area contributed by atoms with Gasteiger partial charge in [-0.2, -0.15) is 4.98 Å². The van der Waals surface area contributed by atoms with Crippen LogP contribution in [-0.4, -0.2) is 31.5 Å². The number of carbonyl (C=O) groups excluding carboxylic acids is 1. The highest BCUT2D eigenvalue weighted by atomic mass is 32.2. The number of amides is 1. The van der Waals surface area contributed by atoms with Crippen LogP contribution < -0.4 is 20.0 Å².